The van der Waals surface area contributed by atoms with Crippen molar-refractivity contribution in [2.75, 3.05) is 26.2 Å². The summed E-state index contributed by atoms with van der Waals surface area (Å²) in [6, 6.07) is -1.64. The fraction of sp³-hybridized carbons (Fsp3) is 0.750. The highest BCUT2D eigenvalue weighted by Crippen LogP contribution is 2.20. The standard InChI is InChI=1S/C12H20N2O6/c1-3-13(7-10(16)20-4-2)12(19)14-6-8(15)5-9(14)11(17)18/h8-9,15H,3-7H2,1-2H3,(H,17,18)/t8-,9-/m0/s1. The maximum atomic E-state index is 12.2. The van der Waals surface area contributed by atoms with Crippen LogP contribution in [0.25, 0.3) is 0 Å². The zero-order chi connectivity index (χ0) is 15.3. The lowest BCUT2D eigenvalue weighted by molar-refractivity contribution is -0.143. The Hall–Kier alpha value is -1.83. The zero-order valence-corrected chi connectivity index (χ0v) is 11.6. The quantitative estimate of drug-likeness (QED) is 0.661. The van der Waals surface area contributed by atoms with Crippen molar-refractivity contribution in [3.8, 4) is 0 Å². The molecule has 20 heavy (non-hydrogen) atoms. The predicted molar refractivity (Wildman–Crippen MR) is 68.0 cm³/mol. The topological polar surface area (TPSA) is 107 Å². The van der Waals surface area contributed by atoms with Gasteiger partial charge in [-0.3, -0.25) is 4.79 Å². The number of esters is 1. The minimum Gasteiger partial charge on any atom is -0.480 e. The van der Waals surface area contributed by atoms with E-state index in [-0.39, 0.29) is 32.7 Å². The van der Waals surface area contributed by atoms with E-state index in [0.29, 0.717) is 0 Å². The molecule has 0 spiro atoms. The highest BCUT2D eigenvalue weighted by molar-refractivity contribution is 5.86. The molecule has 0 saturated carbocycles. The molecule has 1 aliphatic heterocycles. The first-order chi connectivity index (χ1) is 9.40. The van der Waals surface area contributed by atoms with Crippen LogP contribution < -0.4 is 0 Å². The summed E-state index contributed by atoms with van der Waals surface area (Å²) in [6.45, 7) is 3.52. The van der Waals surface area contributed by atoms with Gasteiger partial charge in [0.05, 0.1) is 12.7 Å². The van der Waals surface area contributed by atoms with Crippen LogP contribution in [0.1, 0.15) is 20.3 Å². The zero-order valence-electron chi connectivity index (χ0n) is 11.6. The maximum Gasteiger partial charge on any atom is 0.326 e. The van der Waals surface area contributed by atoms with Crippen LogP contribution in [0.15, 0.2) is 0 Å². The summed E-state index contributed by atoms with van der Waals surface area (Å²) in [4.78, 5) is 37.0. The molecular formula is C12H20N2O6. The van der Waals surface area contributed by atoms with Crippen molar-refractivity contribution >= 4 is 18.0 Å². The molecule has 1 heterocycles. The number of likely N-dealkylation sites (N-methyl/N-ethyl adjacent to an activating group) is 1. The molecule has 0 aromatic heterocycles. The van der Waals surface area contributed by atoms with Gasteiger partial charge in [-0.25, -0.2) is 9.59 Å². The first kappa shape index (κ1) is 16.2. The van der Waals surface area contributed by atoms with Gasteiger partial charge < -0.3 is 24.7 Å². The highest BCUT2D eigenvalue weighted by Gasteiger charge is 2.40. The summed E-state index contributed by atoms with van der Waals surface area (Å²) in [5.41, 5.74) is 0. The Morgan fingerprint density at radius 1 is 1.35 bits per heavy atom. The molecule has 0 bridgehead atoms. The molecule has 0 radical (unpaired) electrons. The Bertz CT molecular complexity index is 386. The molecule has 1 saturated heterocycles. The number of carboxylic acid groups (broad SMARTS) is 1. The molecule has 114 valence electrons. The molecule has 1 rings (SSSR count). The molecule has 2 N–H and O–H groups in total. The number of rotatable bonds is 5. The number of nitrogens with zero attached hydrogens (tertiary/aromatic N) is 2. The van der Waals surface area contributed by atoms with Gasteiger partial charge in [0.15, 0.2) is 0 Å². The molecule has 2 amide bonds. The van der Waals surface area contributed by atoms with E-state index in [1.807, 2.05) is 0 Å². The molecule has 0 unspecified atom stereocenters. The lowest BCUT2D eigenvalue weighted by Crippen LogP contribution is -2.49. The maximum absolute atomic E-state index is 12.2. The molecule has 0 aromatic carbocycles. The predicted octanol–water partition coefficient (Wildman–Crippen LogP) is -0.489. The van der Waals surface area contributed by atoms with Gasteiger partial charge in [0.2, 0.25) is 0 Å². The fourth-order valence-corrected chi connectivity index (χ4v) is 2.12. The van der Waals surface area contributed by atoms with E-state index in [0.717, 1.165) is 4.90 Å². The van der Waals surface area contributed by atoms with Crippen LogP contribution in [0.2, 0.25) is 0 Å². The number of aliphatic hydroxyl groups excluding tert-OH is 1. The third-order valence-electron chi connectivity index (χ3n) is 3.09. The van der Waals surface area contributed by atoms with Gasteiger partial charge in [0.25, 0.3) is 0 Å². The van der Waals surface area contributed by atoms with E-state index in [2.05, 4.69) is 0 Å². The lowest BCUT2D eigenvalue weighted by atomic mass is 10.2. The summed E-state index contributed by atoms with van der Waals surface area (Å²) >= 11 is 0. The number of aliphatic carboxylic acids is 1. The largest absolute Gasteiger partial charge is 0.480 e. The number of urea groups is 1. The summed E-state index contributed by atoms with van der Waals surface area (Å²) in [5, 5.41) is 18.6. The Morgan fingerprint density at radius 2 is 2.00 bits per heavy atom. The smallest absolute Gasteiger partial charge is 0.326 e. The number of β-amino-alcohol motifs (C(OH)–C–C–N with tert-alkyl or cyclic N) is 1. The van der Waals surface area contributed by atoms with E-state index >= 15 is 0 Å². The molecule has 2 atom stereocenters. The van der Waals surface area contributed by atoms with Crippen molar-refractivity contribution in [2.45, 2.75) is 32.4 Å². The van der Waals surface area contributed by atoms with E-state index in [4.69, 9.17) is 9.84 Å². The number of aliphatic hydroxyl groups is 1. The van der Waals surface area contributed by atoms with Crippen LogP contribution in [0.4, 0.5) is 4.79 Å². The first-order valence-electron chi connectivity index (χ1n) is 6.52. The molecule has 8 nitrogen and oxygen atoms in total. The van der Waals surface area contributed by atoms with Gasteiger partial charge in [-0.1, -0.05) is 0 Å². The number of ether oxygens (including phenoxy) is 1. The van der Waals surface area contributed by atoms with E-state index < -0.39 is 30.1 Å². The number of carbonyl (C=O) groups excluding carboxylic acids is 2. The normalized spacial score (nSPS) is 21.6. The van der Waals surface area contributed by atoms with Crippen LogP contribution in [0.3, 0.4) is 0 Å². The van der Waals surface area contributed by atoms with Crippen molar-refractivity contribution in [2.24, 2.45) is 0 Å². The second-order valence-electron chi connectivity index (χ2n) is 4.50. The van der Waals surface area contributed by atoms with Crippen LogP contribution in [0, 0.1) is 0 Å². The van der Waals surface area contributed by atoms with Gasteiger partial charge in [0, 0.05) is 19.5 Å². The van der Waals surface area contributed by atoms with Crippen LogP contribution >= 0.6 is 0 Å². The third-order valence-corrected chi connectivity index (χ3v) is 3.09. The lowest BCUT2D eigenvalue weighted by Gasteiger charge is -2.28. The molecular weight excluding hydrogens is 268 g/mol. The Labute approximate surface area is 116 Å². The Kier molecular flexibility index (Phi) is 5.75. The average molecular weight is 288 g/mol. The second-order valence-corrected chi connectivity index (χ2v) is 4.50. The summed E-state index contributed by atoms with van der Waals surface area (Å²) < 4.78 is 4.77. The molecule has 1 aliphatic rings. The molecule has 0 aromatic rings. The molecule has 1 fully saturated rings. The van der Waals surface area contributed by atoms with E-state index in [1.54, 1.807) is 13.8 Å². The van der Waals surface area contributed by atoms with Crippen molar-refractivity contribution in [3.05, 3.63) is 0 Å². The van der Waals surface area contributed by atoms with Crippen molar-refractivity contribution in [1.82, 2.24) is 9.80 Å². The van der Waals surface area contributed by atoms with Gasteiger partial charge in [0.1, 0.15) is 12.6 Å². The minimum atomic E-state index is -1.16. The number of likely N-dealkylation sites (tertiary alicyclic amines) is 1. The van der Waals surface area contributed by atoms with Gasteiger partial charge in [-0.05, 0) is 13.8 Å². The van der Waals surface area contributed by atoms with E-state index in [9.17, 15) is 19.5 Å². The number of hydrogen-bond donors (Lipinski definition) is 2. The Morgan fingerprint density at radius 3 is 2.50 bits per heavy atom. The van der Waals surface area contributed by atoms with Gasteiger partial charge in [-0.15, -0.1) is 0 Å². The second kappa shape index (κ2) is 7.09. The monoisotopic (exact) mass is 288 g/mol. The third kappa shape index (κ3) is 3.83. The number of carboxylic acids is 1. The first-order valence-corrected chi connectivity index (χ1v) is 6.52. The summed E-state index contributed by atoms with van der Waals surface area (Å²) in [7, 11) is 0. The molecule has 8 heteroatoms. The summed E-state index contributed by atoms with van der Waals surface area (Å²) in [6.07, 6.45) is -0.862. The average Bonchev–Trinajstić information content (AvgIpc) is 2.78. The van der Waals surface area contributed by atoms with Gasteiger partial charge >= 0.3 is 18.0 Å². The van der Waals surface area contributed by atoms with Gasteiger partial charge in [-0.2, -0.15) is 0 Å². The number of amides is 2. The van der Waals surface area contributed by atoms with Crippen molar-refractivity contribution in [1.29, 1.82) is 0 Å². The fourth-order valence-electron chi connectivity index (χ4n) is 2.12. The van der Waals surface area contributed by atoms with Crippen LogP contribution in [-0.2, 0) is 14.3 Å². The molecule has 0 aliphatic carbocycles. The van der Waals surface area contributed by atoms with Crippen molar-refractivity contribution in [3.63, 3.8) is 0 Å². The van der Waals surface area contributed by atoms with E-state index in [1.165, 1.54) is 4.90 Å². The van der Waals surface area contributed by atoms with Crippen LogP contribution in [-0.4, -0.2) is 76.4 Å². The number of hydrogen-bond acceptors (Lipinski definition) is 5. The Balaban J connectivity index is 2.74. The number of carbonyl (C=O) groups is 3. The van der Waals surface area contributed by atoms with Crippen molar-refractivity contribution < 1.29 is 29.3 Å². The minimum absolute atomic E-state index is 0.00195. The highest BCUT2D eigenvalue weighted by atomic mass is 16.5. The summed E-state index contributed by atoms with van der Waals surface area (Å²) in [5.74, 6) is -1.71. The van der Waals surface area contributed by atoms with Crippen LogP contribution in [0.5, 0.6) is 0 Å². The SMILES string of the molecule is CCOC(=O)CN(CC)C(=O)N1C[C@@H](O)C[C@H]1C(=O)O.